The molecule has 1 aromatic rings. The zero-order valence-electron chi connectivity index (χ0n) is 12.4. The highest BCUT2D eigenvalue weighted by Gasteiger charge is 2.29. The first-order valence-electron chi connectivity index (χ1n) is 7.04. The van der Waals surface area contributed by atoms with Crippen LogP contribution in [0.2, 0.25) is 0 Å². The van der Waals surface area contributed by atoms with E-state index in [2.05, 4.69) is 5.32 Å². The molecule has 0 bridgehead atoms. The van der Waals surface area contributed by atoms with Crippen molar-refractivity contribution in [1.29, 1.82) is 0 Å². The van der Waals surface area contributed by atoms with E-state index in [1.54, 1.807) is 19.1 Å². The number of β-amino-alcohol motifs (C(OH)–C–C–N with tert-alkyl or cyclic N) is 1. The summed E-state index contributed by atoms with van der Waals surface area (Å²) in [5.74, 6) is 1.32. The van der Waals surface area contributed by atoms with Crippen molar-refractivity contribution in [3.05, 3.63) is 24.3 Å². The van der Waals surface area contributed by atoms with Gasteiger partial charge in [-0.2, -0.15) is 0 Å². The van der Waals surface area contributed by atoms with Crippen LogP contribution in [0.15, 0.2) is 24.3 Å². The molecule has 2 atom stereocenters. The summed E-state index contributed by atoms with van der Waals surface area (Å²) in [6.45, 7) is 1.34. The highest BCUT2D eigenvalue weighted by molar-refractivity contribution is 5.82. The molecule has 1 amide bonds. The topological polar surface area (TPSA) is 71.0 Å². The van der Waals surface area contributed by atoms with Crippen molar-refractivity contribution in [1.82, 2.24) is 10.2 Å². The second-order valence-electron chi connectivity index (χ2n) is 5.11. The van der Waals surface area contributed by atoms with Gasteiger partial charge in [0.15, 0.2) is 11.5 Å². The molecular weight excluding hydrogens is 272 g/mol. The van der Waals surface area contributed by atoms with Crippen LogP contribution in [0, 0.1) is 0 Å². The van der Waals surface area contributed by atoms with Crippen molar-refractivity contribution in [3.63, 3.8) is 0 Å². The van der Waals surface area contributed by atoms with Gasteiger partial charge >= 0.3 is 0 Å². The fourth-order valence-corrected chi connectivity index (χ4v) is 2.31. The highest BCUT2D eigenvalue weighted by Crippen LogP contribution is 2.25. The monoisotopic (exact) mass is 294 g/mol. The Hall–Kier alpha value is -1.79. The van der Waals surface area contributed by atoms with Crippen molar-refractivity contribution in [3.8, 4) is 11.5 Å². The summed E-state index contributed by atoms with van der Waals surface area (Å²) < 4.78 is 10.8. The number of hydrogen-bond acceptors (Lipinski definition) is 5. The maximum Gasteiger partial charge on any atom is 0.239 e. The summed E-state index contributed by atoms with van der Waals surface area (Å²) in [7, 11) is 3.33. The van der Waals surface area contributed by atoms with E-state index in [1.165, 1.54) is 0 Å². The zero-order chi connectivity index (χ0) is 15.2. The second-order valence-corrected chi connectivity index (χ2v) is 5.11. The summed E-state index contributed by atoms with van der Waals surface area (Å²) in [6.07, 6.45) is 0.0356. The molecule has 2 N–H and O–H groups in total. The first-order chi connectivity index (χ1) is 10.1. The van der Waals surface area contributed by atoms with Crippen LogP contribution >= 0.6 is 0 Å². The number of ether oxygens (including phenoxy) is 2. The van der Waals surface area contributed by atoms with Gasteiger partial charge in [0.1, 0.15) is 6.61 Å². The Morgan fingerprint density at radius 2 is 2.14 bits per heavy atom. The SMILES string of the molecule is COc1ccccc1OCCN(C)C(=O)[C@@H]1C[C@@H](O)CN1. The van der Waals surface area contributed by atoms with E-state index < -0.39 is 6.10 Å². The van der Waals surface area contributed by atoms with Crippen molar-refractivity contribution in [2.24, 2.45) is 0 Å². The quantitative estimate of drug-likeness (QED) is 0.787. The van der Waals surface area contributed by atoms with Crippen LogP contribution in [0.1, 0.15) is 6.42 Å². The van der Waals surface area contributed by atoms with Crippen molar-refractivity contribution in [2.45, 2.75) is 18.6 Å². The van der Waals surface area contributed by atoms with E-state index in [0.717, 1.165) is 0 Å². The van der Waals surface area contributed by atoms with Gasteiger partial charge in [0, 0.05) is 13.6 Å². The summed E-state index contributed by atoms with van der Waals surface area (Å²) in [5, 5.41) is 12.5. The molecule has 116 valence electrons. The van der Waals surface area contributed by atoms with Crippen LogP contribution in [0.4, 0.5) is 0 Å². The normalized spacial score (nSPS) is 21.1. The standard InChI is InChI=1S/C15H22N2O4/c1-17(15(19)12-9-11(18)10-16-12)7-8-21-14-6-4-3-5-13(14)20-2/h3-6,11-12,16,18H,7-10H2,1-2H3/t11-,12+/m1/s1. The van der Waals surface area contributed by atoms with Crippen LogP contribution in [0.3, 0.4) is 0 Å². The summed E-state index contributed by atoms with van der Waals surface area (Å²) in [5.41, 5.74) is 0. The van der Waals surface area contributed by atoms with E-state index in [0.29, 0.717) is 37.6 Å². The summed E-state index contributed by atoms with van der Waals surface area (Å²) >= 11 is 0. The van der Waals surface area contributed by atoms with Crippen LogP contribution in [0.5, 0.6) is 11.5 Å². The van der Waals surface area contributed by atoms with Gasteiger partial charge in [0.05, 0.1) is 25.8 Å². The number of likely N-dealkylation sites (N-methyl/N-ethyl adjacent to an activating group) is 1. The number of benzene rings is 1. The van der Waals surface area contributed by atoms with Crippen molar-refractivity contribution in [2.75, 3.05) is 33.9 Å². The number of carbonyl (C=O) groups is 1. The highest BCUT2D eigenvalue weighted by atomic mass is 16.5. The van der Waals surface area contributed by atoms with E-state index in [4.69, 9.17) is 9.47 Å². The minimum absolute atomic E-state index is 0.0184. The predicted molar refractivity (Wildman–Crippen MR) is 78.5 cm³/mol. The molecule has 1 fully saturated rings. The lowest BCUT2D eigenvalue weighted by Gasteiger charge is -2.21. The summed E-state index contributed by atoms with van der Waals surface area (Å²) in [6, 6.07) is 7.11. The molecule has 1 aromatic carbocycles. The van der Waals surface area contributed by atoms with Crippen molar-refractivity contribution < 1.29 is 19.4 Å². The van der Waals surface area contributed by atoms with Gasteiger partial charge in [0.2, 0.25) is 5.91 Å². The molecule has 0 spiro atoms. The van der Waals surface area contributed by atoms with Gasteiger partial charge in [-0.05, 0) is 18.6 Å². The predicted octanol–water partition coefficient (Wildman–Crippen LogP) is 0.255. The Morgan fingerprint density at radius 1 is 1.43 bits per heavy atom. The Morgan fingerprint density at radius 3 is 2.76 bits per heavy atom. The molecule has 1 aliphatic heterocycles. The molecule has 21 heavy (non-hydrogen) atoms. The first kappa shape index (κ1) is 15.6. The average molecular weight is 294 g/mol. The lowest BCUT2D eigenvalue weighted by atomic mass is 10.2. The maximum atomic E-state index is 12.1. The largest absolute Gasteiger partial charge is 0.493 e. The number of para-hydroxylation sites is 2. The van der Waals surface area contributed by atoms with E-state index in [1.807, 2.05) is 24.3 Å². The molecule has 6 nitrogen and oxygen atoms in total. The van der Waals surface area contributed by atoms with Crippen LogP contribution in [0.25, 0.3) is 0 Å². The molecule has 6 heteroatoms. The zero-order valence-corrected chi connectivity index (χ0v) is 12.4. The van der Waals surface area contributed by atoms with E-state index in [9.17, 15) is 9.90 Å². The van der Waals surface area contributed by atoms with Gasteiger partial charge < -0.3 is 24.8 Å². The number of aliphatic hydroxyl groups is 1. The molecule has 1 aliphatic rings. The number of methoxy groups -OCH3 is 1. The van der Waals surface area contributed by atoms with Gasteiger partial charge in [0.25, 0.3) is 0 Å². The number of aliphatic hydroxyl groups excluding tert-OH is 1. The van der Waals surface area contributed by atoms with E-state index >= 15 is 0 Å². The number of hydrogen-bond donors (Lipinski definition) is 2. The lowest BCUT2D eigenvalue weighted by Crippen LogP contribution is -2.43. The molecular formula is C15H22N2O4. The maximum absolute atomic E-state index is 12.1. The third-order valence-electron chi connectivity index (χ3n) is 3.54. The minimum Gasteiger partial charge on any atom is -0.493 e. The first-order valence-corrected chi connectivity index (χ1v) is 7.04. The molecule has 0 radical (unpaired) electrons. The number of carbonyl (C=O) groups excluding carboxylic acids is 1. The van der Waals surface area contributed by atoms with Gasteiger partial charge in [-0.15, -0.1) is 0 Å². The molecule has 1 heterocycles. The Kier molecular flexibility index (Phi) is 5.41. The third-order valence-corrected chi connectivity index (χ3v) is 3.54. The summed E-state index contributed by atoms with van der Waals surface area (Å²) in [4.78, 5) is 13.7. The minimum atomic E-state index is -0.433. The van der Waals surface area contributed by atoms with E-state index in [-0.39, 0.29) is 11.9 Å². The molecule has 0 aliphatic carbocycles. The molecule has 1 saturated heterocycles. The van der Waals surface area contributed by atoms with Gasteiger partial charge in [-0.3, -0.25) is 4.79 Å². The Labute approximate surface area is 124 Å². The molecule has 0 aromatic heterocycles. The fourth-order valence-electron chi connectivity index (χ4n) is 2.31. The van der Waals surface area contributed by atoms with Crippen molar-refractivity contribution >= 4 is 5.91 Å². The second kappa shape index (κ2) is 7.28. The Balaban J connectivity index is 1.78. The fraction of sp³-hybridized carbons (Fsp3) is 0.533. The third kappa shape index (κ3) is 4.09. The van der Waals surface area contributed by atoms with Gasteiger partial charge in [-0.25, -0.2) is 0 Å². The number of nitrogens with one attached hydrogen (secondary N) is 1. The smallest absolute Gasteiger partial charge is 0.239 e. The molecule has 0 saturated carbocycles. The van der Waals surface area contributed by atoms with Crippen LogP contribution < -0.4 is 14.8 Å². The number of amides is 1. The number of nitrogens with zero attached hydrogens (tertiary/aromatic N) is 1. The van der Waals surface area contributed by atoms with Crippen LogP contribution in [-0.4, -0.2) is 61.9 Å². The average Bonchev–Trinajstić information content (AvgIpc) is 2.93. The lowest BCUT2D eigenvalue weighted by molar-refractivity contribution is -0.132. The Bertz CT molecular complexity index is 480. The molecule has 2 rings (SSSR count). The molecule has 0 unspecified atom stereocenters. The van der Waals surface area contributed by atoms with Crippen LogP contribution in [-0.2, 0) is 4.79 Å². The van der Waals surface area contributed by atoms with Gasteiger partial charge in [-0.1, -0.05) is 12.1 Å². The number of rotatable bonds is 6.